The van der Waals surface area contributed by atoms with Gasteiger partial charge < -0.3 is 15.0 Å². The van der Waals surface area contributed by atoms with Gasteiger partial charge in [0.2, 0.25) is 0 Å². The van der Waals surface area contributed by atoms with E-state index in [1.165, 1.54) is 6.20 Å². The lowest BCUT2D eigenvalue weighted by Gasteiger charge is -2.22. The van der Waals surface area contributed by atoms with E-state index in [1.807, 2.05) is 0 Å². The minimum absolute atomic E-state index is 0. The number of aliphatic hydroxyl groups is 1. The molecule has 0 saturated carbocycles. The molecule has 0 aliphatic carbocycles. The Labute approximate surface area is 133 Å². The minimum Gasteiger partial charge on any atom is -0.395 e. The maximum atomic E-state index is 12.4. The molecule has 0 atom stereocenters. The molecule has 4 nitrogen and oxygen atoms in total. The van der Waals surface area contributed by atoms with Gasteiger partial charge in [-0.2, -0.15) is 13.2 Å². The number of nitrogens with zero attached hydrogens (tertiary/aromatic N) is 2. The quantitative estimate of drug-likeness (QED) is 0.876. The monoisotopic (exact) mass is 349 g/mol. The summed E-state index contributed by atoms with van der Waals surface area (Å²) in [6.45, 7) is 1.90. The number of halogens is 5. The first-order valence-electron chi connectivity index (χ1n) is 6.44. The van der Waals surface area contributed by atoms with Gasteiger partial charge in [-0.3, -0.25) is 0 Å². The molecule has 21 heavy (non-hydrogen) atoms. The predicted octanol–water partition coefficient (Wildman–Crippen LogP) is 2.29. The summed E-state index contributed by atoms with van der Waals surface area (Å²) in [4.78, 5) is 4.14. The molecule has 1 aliphatic rings. The lowest BCUT2D eigenvalue weighted by Crippen LogP contribution is -2.28. The molecule has 0 aromatic carbocycles. The fourth-order valence-electron chi connectivity index (χ4n) is 2.47. The minimum atomic E-state index is -4.25. The molecule has 1 aromatic rings. The van der Waals surface area contributed by atoms with Crippen molar-refractivity contribution in [1.82, 2.24) is 14.9 Å². The van der Waals surface area contributed by atoms with E-state index in [0.29, 0.717) is 12.4 Å². The largest absolute Gasteiger partial charge is 0.395 e. The summed E-state index contributed by atoms with van der Waals surface area (Å²) in [6, 6.07) is 0. The van der Waals surface area contributed by atoms with Crippen LogP contribution in [0.2, 0.25) is 0 Å². The van der Waals surface area contributed by atoms with E-state index in [9.17, 15) is 13.2 Å². The van der Waals surface area contributed by atoms with Crippen LogP contribution in [-0.2, 0) is 13.0 Å². The van der Waals surface area contributed by atoms with Crippen molar-refractivity contribution in [3.8, 4) is 0 Å². The van der Waals surface area contributed by atoms with Gasteiger partial charge in [-0.25, -0.2) is 4.98 Å². The maximum Gasteiger partial charge on any atom is 0.394 e. The Morgan fingerprint density at radius 1 is 1.29 bits per heavy atom. The van der Waals surface area contributed by atoms with Crippen molar-refractivity contribution >= 4 is 24.8 Å². The summed E-state index contributed by atoms with van der Waals surface area (Å²) in [5.74, 6) is 0.851. The van der Waals surface area contributed by atoms with Crippen LogP contribution in [0.1, 0.15) is 30.3 Å². The molecular weight excluding hydrogens is 330 g/mol. The highest BCUT2D eigenvalue weighted by atomic mass is 35.5. The molecule has 2 heterocycles. The number of imidazole rings is 1. The first-order valence-corrected chi connectivity index (χ1v) is 6.44. The third kappa shape index (κ3) is 6.02. The number of piperidine rings is 1. The normalized spacial score (nSPS) is 16.2. The zero-order valence-corrected chi connectivity index (χ0v) is 13.0. The topological polar surface area (TPSA) is 50.1 Å². The zero-order chi connectivity index (χ0) is 13.9. The predicted molar refractivity (Wildman–Crippen MR) is 78.4 cm³/mol. The molecule has 1 fully saturated rings. The Kier molecular flexibility index (Phi) is 8.61. The smallest absolute Gasteiger partial charge is 0.394 e. The molecule has 2 rings (SSSR count). The van der Waals surface area contributed by atoms with Crippen molar-refractivity contribution < 1.29 is 18.3 Å². The van der Waals surface area contributed by atoms with Crippen molar-refractivity contribution in [3.63, 3.8) is 0 Å². The molecule has 9 heteroatoms. The highest BCUT2D eigenvalue weighted by Crippen LogP contribution is 2.27. The van der Waals surface area contributed by atoms with Crippen molar-refractivity contribution in [2.45, 2.75) is 37.9 Å². The van der Waals surface area contributed by atoms with Gasteiger partial charge in [0.15, 0.2) is 0 Å². The van der Waals surface area contributed by atoms with Gasteiger partial charge in [-0.1, -0.05) is 0 Å². The standard InChI is InChI=1S/C12H18F3N3O.2ClH/c13-12(14,15)7-10-8-18(5-6-19)11(17-10)9-1-3-16-4-2-9;;/h8-9,16,19H,1-7H2;2*1H. The van der Waals surface area contributed by atoms with Crippen LogP contribution in [0.3, 0.4) is 0 Å². The molecule has 1 aromatic heterocycles. The van der Waals surface area contributed by atoms with Gasteiger partial charge >= 0.3 is 6.18 Å². The number of alkyl halides is 3. The van der Waals surface area contributed by atoms with Crippen LogP contribution in [0, 0.1) is 0 Å². The second-order valence-electron chi connectivity index (χ2n) is 4.82. The number of hydrogen-bond acceptors (Lipinski definition) is 3. The van der Waals surface area contributed by atoms with E-state index in [2.05, 4.69) is 10.3 Å². The molecule has 1 aliphatic heterocycles. The first-order chi connectivity index (χ1) is 8.99. The number of hydrogen-bond donors (Lipinski definition) is 2. The summed E-state index contributed by atoms with van der Waals surface area (Å²) in [5.41, 5.74) is 0.0366. The molecule has 0 radical (unpaired) electrons. The Bertz CT molecular complexity index is 420. The van der Waals surface area contributed by atoms with Crippen molar-refractivity contribution in [3.05, 3.63) is 17.7 Å². The molecule has 0 unspecified atom stereocenters. The van der Waals surface area contributed by atoms with Gasteiger partial charge in [-0.05, 0) is 25.9 Å². The molecule has 0 amide bonds. The molecule has 2 N–H and O–H groups in total. The Hall–Kier alpha value is -0.500. The van der Waals surface area contributed by atoms with Crippen LogP contribution in [0.4, 0.5) is 13.2 Å². The second kappa shape index (κ2) is 8.82. The van der Waals surface area contributed by atoms with Crippen LogP contribution in [0.15, 0.2) is 6.20 Å². The number of nitrogens with one attached hydrogen (secondary N) is 1. The molecule has 124 valence electrons. The lowest BCUT2D eigenvalue weighted by atomic mass is 9.97. The average Bonchev–Trinajstić information content (AvgIpc) is 2.71. The first kappa shape index (κ1) is 20.5. The lowest BCUT2D eigenvalue weighted by molar-refractivity contribution is -0.127. The zero-order valence-electron chi connectivity index (χ0n) is 11.4. The summed E-state index contributed by atoms with van der Waals surface area (Å²) >= 11 is 0. The van der Waals surface area contributed by atoms with Gasteiger partial charge in [0.05, 0.1) is 18.7 Å². The summed E-state index contributed by atoms with van der Waals surface area (Å²) in [6.07, 6.45) is -2.10. The van der Waals surface area contributed by atoms with Gasteiger partial charge in [0.1, 0.15) is 5.82 Å². The molecule has 0 spiro atoms. The van der Waals surface area contributed by atoms with Crippen molar-refractivity contribution in [2.75, 3.05) is 19.7 Å². The van der Waals surface area contributed by atoms with Crippen LogP contribution in [0.5, 0.6) is 0 Å². The SMILES string of the molecule is Cl.Cl.OCCn1cc(CC(F)(F)F)nc1C1CCNCC1. The van der Waals surface area contributed by atoms with E-state index in [1.54, 1.807) is 4.57 Å². The number of aliphatic hydroxyl groups excluding tert-OH is 1. The van der Waals surface area contributed by atoms with Crippen LogP contribution in [0.25, 0.3) is 0 Å². The van der Waals surface area contributed by atoms with E-state index < -0.39 is 12.6 Å². The Morgan fingerprint density at radius 2 is 1.90 bits per heavy atom. The fourth-order valence-corrected chi connectivity index (χ4v) is 2.47. The van der Waals surface area contributed by atoms with Gasteiger partial charge in [-0.15, -0.1) is 24.8 Å². The summed E-state index contributed by atoms with van der Waals surface area (Å²) in [5, 5.41) is 12.2. The number of rotatable bonds is 4. The number of aromatic nitrogens is 2. The van der Waals surface area contributed by atoms with Crippen molar-refractivity contribution in [1.29, 1.82) is 0 Å². The highest BCUT2D eigenvalue weighted by Gasteiger charge is 2.30. The Balaban J connectivity index is 0.00000200. The Morgan fingerprint density at radius 3 is 2.43 bits per heavy atom. The van der Waals surface area contributed by atoms with Crippen molar-refractivity contribution in [2.24, 2.45) is 0 Å². The third-order valence-electron chi connectivity index (χ3n) is 3.28. The maximum absolute atomic E-state index is 12.4. The molecular formula is C12H20Cl2F3N3O. The van der Waals surface area contributed by atoms with Crippen LogP contribution < -0.4 is 5.32 Å². The highest BCUT2D eigenvalue weighted by molar-refractivity contribution is 5.85. The molecule has 1 saturated heterocycles. The second-order valence-corrected chi connectivity index (χ2v) is 4.82. The summed E-state index contributed by atoms with van der Waals surface area (Å²) < 4.78 is 38.9. The van der Waals surface area contributed by atoms with E-state index in [4.69, 9.17) is 5.11 Å². The summed E-state index contributed by atoms with van der Waals surface area (Å²) in [7, 11) is 0. The average molecular weight is 350 g/mol. The van der Waals surface area contributed by atoms with Gasteiger partial charge in [0, 0.05) is 18.7 Å². The van der Waals surface area contributed by atoms with E-state index in [0.717, 1.165) is 25.9 Å². The fraction of sp³-hybridized carbons (Fsp3) is 0.750. The van der Waals surface area contributed by atoms with Crippen LogP contribution >= 0.6 is 24.8 Å². The third-order valence-corrected chi connectivity index (χ3v) is 3.28. The van der Waals surface area contributed by atoms with Crippen LogP contribution in [-0.4, -0.2) is 40.5 Å². The van der Waals surface area contributed by atoms with Gasteiger partial charge in [0.25, 0.3) is 0 Å². The van der Waals surface area contributed by atoms with E-state index >= 15 is 0 Å². The van der Waals surface area contributed by atoms with E-state index in [-0.39, 0.29) is 43.0 Å². The molecule has 0 bridgehead atoms.